The molecule has 22 heavy (non-hydrogen) atoms. The van der Waals surface area contributed by atoms with E-state index in [0.717, 1.165) is 22.9 Å². The number of H-pyrrole nitrogens is 1. The van der Waals surface area contributed by atoms with Gasteiger partial charge in [0.15, 0.2) is 0 Å². The van der Waals surface area contributed by atoms with Gasteiger partial charge in [-0.2, -0.15) is 0 Å². The van der Waals surface area contributed by atoms with Crippen molar-refractivity contribution >= 4 is 36.6 Å². The van der Waals surface area contributed by atoms with Crippen LogP contribution < -0.4 is 0 Å². The van der Waals surface area contributed by atoms with Crippen LogP contribution in [-0.4, -0.2) is 25.8 Å². The van der Waals surface area contributed by atoms with Gasteiger partial charge in [0.2, 0.25) is 0 Å². The number of nitrogens with zero attached hydrogens (tertiary/aromatic N) is 3. The average molecular weight is 357 g/mol. The Balaban J connectivity index is 0.00000121. The van der Waals surface area contributed by atoms with E-state index in [-0.39, 0.29) is 24.8 Å². The van der Waals surface area contributed by atoms with Gasteiger partial charge >= 0.3 is 0 Å². The first-order valence-corrected chi connectivity index (χ1v) is 7.65. The number of benzene rings is 1. The van der Waals surface area contributed by atoms with Crippen LogP contribution in [0.15, 0.2) is 47.8 Å². The normalized spacial score (nSPS) is 9.91. The van der Waals surface area contributed by atoms with E-state index < -0.39 is 0 Å². The molecule has 1 aromatic carbocycles. The Kier molecular flexibility index (Phi) is 7.00. The van der Waals surface area contributed by atoms with Gasteiger partial charge in [-0.25, -0.2) is 9.97 Å². The molecule has 1 N–H and O–H groups in total. The lowest BCUT2D eigenvalue weighted by molar-refractivity contribution is 0.727. The van der Waals surface area contributed by atoms with Crippen LogP contribution in [0.1, 0.15) is 11.6 Å². The van der Waals surface area contributed by atoms with Crippen LogP contribution >= 0.6 is 36.6 Å². The number of aromatic amines is 1. The highest BCUT2D eigenvalue weighted by Gasteiger charge is 2.05. The molecular weight excluding hydrogens is 339 g/mol. The fourth-order valence-electron chi connectivity index (χ4n) is 2.09. The highest BCUT2D eigenvalue weighted by atomic mass is 35.5. The minimum absolute atomic E-state index is 0. The van der Waals surface area contributed by atoms with Gasteiger partial charge < -0.3 is 9.55 Å². The summed E-state index contributed by atoms with van der Waals surface area (Å²) in [6, 6.07) is 8.48. The smallest absolute Gasteiger partial charge is 0.126 e. The summed E-state index contributed by atoms with van der Waals surface area (Å²) in [4.78, 5) is 13.3. The van der Waals surface area contributed by atoms with Crippen LogP contribution in [0.2, 0.25) is 0 Å². The van der Waals surface area contributed by atoms with Crippen LogP contribution in [0.25, 0.3) is 11.3 Å². The lowest BCUT2D eigenvalue weighted by Crippen LogP contribution is -2.02. The SMILES string of the molecule is CSc1ccc(-c2cnc(Cn3ccnc3C)[nH]2)cc1.Cl.Cl. The van der Waals surface area contributed by atoms with E-state index in [9.17, 15) is 0 Å². The second-order valence-electron chi connectivity index (χ2n) is 4.57. The standard InChI is InChI=1S/C15H16N4S.2ClH/c1-11-16-7-8-19(11)10-15-17-9-14(18-15)12-3-5-13(20-2)6-4-12;;/h3-9H,10H2,1-2H3,(H,17,18);2*1H. The summed E-state index contributed by atoms with van der Waals surface area (Å²) >= 11 is 1.75. The van der Waals surface area contributed by atoms with Crippen molar-refractivity contribution in [3.8, 4) is 11.3 Å². The second-order valence-corrected chi connectivity index (χ2v) is 5.45. The van der Waals surface area contributed by atoms with E-state index in [4.69, 9.17) is 0 Å². The Bertz CT molecular complexity index is 706. The summed E-state index contributed by atoms with van der Waals surface area (Å²) in [5.41, 5.74) is 2.20. The van der Waals surface area contributed by atoms with Gasteiger partial charge in [0.1, 0.15) is 11.6 Å². The quantitative estimate of drug-likeness (QED) is 0.712. The van der Waals surface area contributed by atoms with Crippen molar-refractivity contribution in [3.63, 3.8) is 0 Å². The fraction of sp³-hybridized carbons (Fsp3) is 0.200. The third kappa shape index (κ3) is 4.06. The van der Waals surface area contributed by atoms with E-state index in [1.165, 1.54) is 4.90 Å². The molecular formula is C15H18Cl2N4S. The number of aryl methyl sites for hydroxylation is 1. The molecule has 0 amide bonds. The average Bonchev–Trinajstić information content (AvgIpc) is 3.10. The van der Waals surface area contributed by atoms with Crippen molar-refractivity contribution in [2.45, 2.75) is 18.4 Å². The van der Waals surface area contributed by atoms with Crippen molar-refractivity contribution in [3.05, 3.63) is 54.5 Å². The third-order valence-corrected chi connectivity index (χ3v) is 4.02. The number of imidazole rings is 2. The van der Waals surface area contributed by atoms with Crippen LogP contribution in [0.3, 0.4) is 0 Å². The van der Waals surface area contributed by atoms with Crippen molar-refractivity contribution in [1.29, 1.82) is 0 Å². The van der Waals surface area contributed by atoms with Crippen molar-refractivity contribution in [1.82, 2.24) is 19.5 Å². The first-order chi connectivity index (χ1) is 9.76. The maximum atomic E-state index is 4.44. The molecule has 0 fully saturated rings. The van der Waals surface area contributed by atoms with Gasteiger partial charge in [-0.1, -0.05) is 12.1 Å². The Morgan fingerprint density at radius 3 is 2.45 bits per heavy atom. The molecule has 0 spiro atoms. The van der Waals surface area contributed by atoms with Crippen LogP contribution in [-0.2, 0) is 6.54 Å². The molecule has 3 aromatic rings. The van der Waals surface area contributed by atoms with Crippen LogP contribution in [0.5, 0.6) is 0 Å². The van der Waals surface area contributed by atoms with E-state index in [2.05, 4.69) is 50.0 Å². The first kappa shape index (κ1) is 18.6. The summed E-state index contributed by atoms with van der Waals surface area (Å²) in [5.74, 6) is 1.93. The van der Waals surface area contributed by atoms with Crippen molar-refractivity contribution < 1.29 is 0 Å². The molecule has 0 aliphatic heterocycles. The Morgan fingerprint density at radius 2 is 1.86 bits per heavy atom. The van der Waals surface area contributed by atoms with Gasteiger partial charge in [-0.3, -0.25) is 0 Å². The molecule has 0 aliphatic rings. The first-order valence-electron chi connectivity index (χ1n) is 6.42. The number of halogens is 2. The summed E-state index contributed by atoms with van der Waals surface area (Å²) in [5, 5.41) is 0. The number of nitrogens with one attached hydrogen (secondary N) is 1. The Labute approximate surface area is 146 Å². The predicted octanol–water partition coefficient (Wildman–Crippen LogP) is 4.20. The number of thioether (sulfide) groups is 1. The Morgan fingerprint density at radius 1 is 1.14 bits per heavy atom. The predicted molar refractivity (Wildman–Crippen MR) is 96.4 cm³/mol. The molecule has 0 bridgehead atoms. The van der Waals surface area contributed by atoms with Gasteiger partial charge in [-0.05, 0) is 30.9 Å². The van der Waals surface area contributed by atoms with Crippen LogP contribution in [0.4, 0.5) is 0 Å². The molecule has 7 heteroatoms. The molecule has 4 nitrogen and oxygen atoms in total. The van der Waals surface area contributed by atoms with E-state index in [0.29, 0.717) is 6.54 Å². The highest BCUT2D eigenvalue weighted by Crippen LogP contribution is 2.21. The third-order valence-electron chi connectivity index (χ3n) is 3.27. The molecule has 0 saturated heterocycles. The van der Waals surface area contributed by atoms with Gasteiger partial charge in [-0.15, -0.1) is 36.6 Å². The van der Waals surface area contributed by atoms with Gasteiger partial charge in [0.25, 0.3) is 0 Å². The Hall–Kier alpha value is -1.43. The lowest BCUT2D eigenvalue weighted by Gasteiger charge is -2.02. The zero-order valence-electron chi connectivity index (χ0n) is 12.3. The molecule has 0 atom stereocenters. The summed E-state index contributed by atoms with van der Waals surface area (Å²) in [6.45, 7) is 2.71. The summed E-state index contributed by atoms with van der Waals surface area (Å²) in [6.07, 6.45) is 7.73. The topological polar surface area (TPSA) is 46.5 Å². The monoisotopic (exact) mass is 356 g/mol. The largest absolute Gasteiger partial charge is 0.340 e. The molecule has 2 aromatic heterocycles. The maximum absolute atomic E-state index is 4.44. The lowest BCUT2D eigenvalue weighted by atomic mass is 10.2. The molecule has 0 saturated carbocycles. The molecule has 0 radical (unpaired) electrons. The molecule has 2 heterocycles. The molecule has 3 rings (SSSR count). The van der Waals surface area contributed by atoms with Gasteiger partial charge in [0.05, 0.1) is 18.4 Å². The van der Waals surface area contributed by atoms with Crippen molar-refractivity contribution in [2.75, 3.05) is 6.26 Å². The number of hydrogen-bond donors (Lipinski definition) is 1. The summed E-state index contributed by atoms with van der Waals surface area (Å²) < 4.78 is 2.07. The molecule has 0 aliphatic carbocycles. The van der Waals surface area contributed by atoms with Crippen molar-refractivity contribution in [2.24, 2.45) is 0 Å². The number of aromatic nitrogens is 4. The van der Waals surface area contributed by atoms with E-state index in [1.54, 1.807) is 18.0 Å². The van der Waals surface area contributed by atoms with Gasteiger partial charge in [0, 0.05) is 17.3 Å². The maximum Gasteiger partial charge on any atom is 0.126 e. The minimum Gasteiger partial charge on any atom is -0.340 e. The minimum atomic E-state index is 0. The number of rotatable bonds is 4. The van der Waals surface area contributed by atoms with E-state index in [1.807, 2.05) is 19.3 Å². The second kappa shape index (κ2) is 8.27. The van der Waals surface area contributed by atoms with E-state index >= 15 is 0 Å². The van der Waals surface area contributed by atoms with Crippen LogP contribution in [0, 0.1) is 6.92 Å². The summed E-state index contributed by atoms with van der Waals surface area (Å²) in [7, 11) is 0. The highest BCUT2D eigenvalue weighted by molar-refractivity contribution is 7.98. The molecule has 0 unspecified atom stereocenters. The fourth-order valence-corrected chi connectivity index (χ4v) is 2.50. The zero-order chi connectivity index (χ0) is 13.9. The zero-order valence-corrected chi connectivity index (χ0v) is 14.8. The number of hydrogen-bond acceptors (Lipinski definition) is 3. The molecule has 118 valence electrons.